The molecule has 0 saturated carbocycles. The van der Waals surface area contributed by atoms with E-state index in [2.05, 4.69) is 62.7 Å². The molecule has 60 heavy (non-hydrogen) atoms. The largest absolute Gasteiger partial charge is 0.421 e. The number of aromatic nitrogens is 3. The van der Waals surface area contributed by atoms with E-state index in [1.165, 1.54) is 36.8 Å². The van der Waals surface area contributed by atoms with Crippen molar-refractivity contribution in [3.05, 3.63) is 176 Å². The van der Waals surface area contributed by atoms with Gasteiger partial charge in [-0.15, -0.1) is 0 Å². The summed E-state index contributed by atoms with van der Waals surface area (Å²) in [7, 11) is 0. The number of carbonyl (C=O) groups is 3. The molecule has 0 aliphatic rings. The molecule has 0 aliphatic carbocycles. The van der Waals surface area contributed by atoms with Crippen LogP contribution in [0.3, 0.4) is 0 Å². The minimum Gasteiger partial charge on any atom is -0.421 e. The fraction of sp³-hybridized carbons (Fsp3) is 0. The van der Waals surface area contributed by atoms with Gasteiger partial charge >= 0.3 is 17.9 Å². The quantitative estimate of drug-likeness (QED) is 0.119. The fourth-order valence-corrected chi connectivity index (χ4v) is 9.15. The zero-order valence-corrected chi connectivity index (χ0v) is 35.5. The Morgan fingerprint density at radius 1 is 0.367 bits per heavy atom. The maximum absolute atomic E-state index is 13.9. The Morgan fingerprint density at radius 2 is 0.633 bits per heavy atom. The van der Waals surface area contributed by atoms with Crippen LogP contribution in [0.1, 0.15) is 31.1 Å². The van der Waals surface area contributed by atoms with Gasteiger partial charge in [-0.05, 0) is 70.8 Å². The van der Waals surface area contributed by atoms with Crippen LogP contribution in [0.2, 0.25) is 0 Å². The van der Waals surface area contributed by atoms with Crippen LogP contribution in [-0.2, 0) is 0 Å². The molecular weight excluding hydrogens is 954 g/mol. The number of pyridine rings is 3. The third kappa shape index (κ3) is 6.92. The summed E-state index contributed by atoms with van der Waals surface area (Å²) < 4.78 is 20.0. The Balaban J connectivity index is 0.993. The number of esters is 3. The van der Waals surface area contributed by atoms with E-state index in [1.54, 1.807) is 18.2 Å². The first kappa shape index (κ1) is 37.7. The van der Waals surface area contributed by atoms with Gasteiger partial charge in [-0.1, -0.05) is 121 Å². The number of fused-ring (bicyclic) bond motifs is 9. The first-order chi connectivity index (χ1) is 29.2. The van der Waals surface area contributed by atoms with Gasteiger partial charge in [-0.25, -0.2) is 14.4 Å². The molecule has 3 heterocycles. The minimum absolute atomic E-state index is 0.102. The zero-order valence-electron chi connectivity index (χ0n) is 30.8. The Labute approximate surface area is 365 Å². The Hall–Kier alpha value is -6.60. The van der Waals surface area contributed by atoms with E-state index < -0.39 is 17.9 Å². The molecule has 0 atom stereocenters. The maximum atomic E-state index is 13.9. The molecule has 10 rings (SSSR count). The highest BCUT2D eigenvalue weighted by Gasteiger charge is 2.22. The number of nitrogens with zero attached hydrogens (tertiary/aromatic N) is 3. The summed E-state index contributed by atoms with van der Waals surface area (Å²) >= 11 is 10.9. The normalized spacial score (nSPS) is 11.4. The van der Waals surface area contributed by atoms with E-state index in [4.69, 9.17) is 14.2 Å². The Kier molecular flexibility index (Phi) is 9.55. The molecule has 0 fully saturated rings. The molecule has 0 spiro atoms. The van der Waals surface area contributed by atoms with Crippen molar-refractivity contribution in [3.63, 3.8) is 0 Å². The van der Waals surface area contributed by atoms with Gasteiger partial charge in [0.2, 0.25) is 0 Å². The predicted molar refractivity (Wildman–Crippen MR) is 242 cm³/mol. The number of halogens is 3. The zero-order chi connectivity index (χ0) is 41.1. The number of benzene rings is 7. The second-order valence-electron chi connectivity index (χ2n) is 13.9. The van der Waals surface area contributed by atoms with Gasteiger partial charge in [0, 0.05) is 45.7 Å². The molecule has 0 bridgehead atoms. The Bertz CT molecular complexity index is 3110. The molecule has 0 saturated heterocycles. The average molecular weight is 978 g/mol. The van der Waals surface area contributed by atoms with Crippen molar-refractivity contribution in [2.45, 2.75) is 0 Å². The molecular formula is C48H24Br3N3O6. The van der Waals surface area contributed by atoms with Crippen LogP contribution in [-0.4, -0.2) is 32.9 Å². The van der Waals surface area contributed by atoms with Gasteiger partial charge in [-0.2, -0.15) is 0 Å². The van der Waals surface area contributed by atoms with Crippen LogP contribution in [0.15, 0.2) is 159 Å². The summed E-state index contributed by atoms with van der Waals surface area (Å²) in [6.07, 6.45) is 4.36. The number of carbonyl (C=O) groups excluding carboxylic acids is 3. The minimum atomic E-state index is -0.840. The van der Waals surface area contributed by atoms with Crippen molar-refractivity contribution >= 4 is 131 Å². The van der Waals surface area contributed by atoms with Crippen molar-refractivity contribution in [1.29, 1.82) is 0 Å². The van der Waals surface area contributed by atoms with Gasteiger partial charge in [0.1, 0.15) is 17.2 Å². The fourth-order valence-electron chi connectivity index (χ4n) is 7.37. The lowest BCUT2D eigenvalue weighted by Gasteiger charge is -2.12. The summed E-state index contributed by atoms with van der Waals surface area (Å²) in [5.74, 6) is -2.04. The van der Waals surface area contributed by atoms with Crippen LogP contribution < -0.4 is 14.2 Å². The number of hydrogen-bond acceptors (Lipinski definition) is 9. The summed E-state index contributed by atoms with van der Waals surface area (Å²) in [6, 6.07) is 38.2. The second kappa shape index (κ2) is 15.2. The van der Waals surface area contributed by atoms with Crippen LogP contribution in [0.4, 0.5) is 0 Å². The van der Waals surface area contributed by atoms with Crippen molar-refractivity contribution in [2.24, 2.45) is 0 Å². The van der Waals surface area contributed by atoms with E-state index in [0.717, 1.165) is 78.4 Å². The first-order valence-electron chi connectivity index (χ1n) is 18.4. The molecule has 7 aromatic carbocycles. The molecule has 0 unspecified atom stereocenters. The Morgan fingerprint density at radius 3 is 0.917 bits per heavy atom. The van der Waals surface area contributed by atoms with Crippen LogP contribution in [0, 0.1) is 0 Å². The SMILES string of the molecule is O=C(Oc1cnc2c(c1)cc(Br)c1ccccc12)c1cc(C(=O)Oc2cnc3c(c2)cc(Br)c2ccccc23)cc(C(=O)Oc2cnc3c(c2)cc(Br)c2ccccc23)c1. The molecule has 0 N–H and O–H groups in total. The van der Waals surface area contributed by atoms with Crippen molar-refractivity contribution in [3.8, 4) is 17.2 Å². The van der Waals surface area contributed by atoms with E-state index in [-0.39, 0.29) is 33.9 Å². The highest BCUT2D eigenvalue weighted by atomic mass is 79.9. The topological polar surface area (TPSA) is 118 Å². The third-order valence-corrected chi connectivity index (χ3v) is 12.1. The van der Waals surface area contributed by atoms with Crippen LogP contribution in [0.5, 0.6) is 17.2 Å². The predicted octanol–water partition coefficient (Wildman–Crippen LogP) is 12.7. The van der Waals surface area contributed by atoms with E-state index in [1.807, 2.05) is 91.0 Å². The lowest BCUT2D eigenvalue weighted by molar-refractivity contribution is 0.0734. The number of ether oxygens (including phenoxy) is 3. The standard InChI is InChI=1S/C48H24Br3N3O6/c49-40-19-25-16-31(22-52-43(25)37-10-4-1-7-34(37)40)58-46(55)28-13-29(47(56)59-32-17-26-20-41(50)35-8-2-5-11-38(35)44(26)53-23-32)15-30(14-28)48(57)60-33-18-27-21-42(51)36-9-3-6-12-39(36)45(27)54-24-33/h1-24H. The molecule has 9 nitrogen and oxygen atoms in total. The summed E-state index contributed by atoms with van der Waals surface area (Å²) in [5.41, 5.74) is 1.89. The molecule has 10 aromatic rings. The third-order valence-electron chi connectivity index (χ3n) is 10.1. The van der Waals surface area contributed by atoms with Crippen molar-refractivity contribution < 1.29 is 28.6 Å². The number of hydrogen-bond donors (Lipinski definition) is 0. The lowest BCUT2D eigenvalue weighted by atomic mass is 10.0. The molecule has 0 amide bonds. The summed E-state index contributed by atoms with van der Waals surface area (Å²) in [5, 5.41) is 7.98. The first-order valence-corrected chi connectivity index (χ1v) is 20.8. The molecule has 0 aliphatic heterocycles. The average Bonchev–Trinajstić information content (AvgIpc) is 3.26. The summed E-state index contributed by atoms with van der Waals surface area (Å²) in [6.45, 7) is 0. The maximum Gasteiger partial charge on any atom is 0.343 e. The molecule has 0 radical (unpaired) electrons. The van der Waals surface area contributed by atoms with Crippen LogP contribution >= 0.6 is 47.8 Å². The van der Waals surface area contributed by atoms with E-state index >= 15 is 0 Å². The molecule has 3 aromatic heterocycles. The van der Waals surface area contributed by atoms with Crippen molar-refractivity contribution in [2.75, 3.05) is 0 Å². The van der Waals surface area contributed by atoms with Gasteiger partial charge in [0.25, 0.3) is 0 Å². The molecule has 12 heteroatoms. The molecule has 288 valence electrons. The highest BCUT2D eigenvalue weighted by molar-refractivity contribution is 9.11. The van der Waals surface area contributed by atoms with Gasteiger partial charge < -0.3 is 14.2 Å². The lowest BCUT2D eigenvalue weighted by Crippen LogP contribution is -2.17. The smallest absolute Gasteiger partial charge is 0.343 e. The van der Waals surface area contributed by atoms with Gasteiger partial charge in [0.15, 0.2) is 0 Å². The van der Waals surface area contributed by atoms with E-state index in [0.29, 0.717) is 0 Å². The van der Waals surface area contributed by atoms with Gasteiger partial charge in [0.05, 0.1) is 51.8 Å². The number of rotatable bonds is 6. The highest BCUT2D eigenvalue weighted by Crippen LogP contribution is 2.35. The van der Waals surface area contributed by atoms with Crippen LogP contribution in [0.25, 0.3) is 65.0 Å². The van der Waals surface area contributed by atoms with Crippen molar-refractivity contribution in [1.82, 2.24) is 15.0 Å². The second-order valence-corrected chi connectivity index (χ2v) is 16.5. The van der Waals surface area contributed by atoms with E-state index in [9.17, 15) is 14.4 Å². The van der Waals surface area contributed by atoms with Gasteiger partial charge in [-0.3, -0.25) is 15.0 Å². The summed E-state index contributed by atoms with van der Waals surface area (Å²) in [4.78, 5) is 55.4. The monoisotopic (exact) mass is 975 g/mol.